The van der Waals surface area contributed by atoms with E-state index in [-0.39, 0.29) is 19.4 Å². The van der Waals surface area contributed by atoms with Crippen molar-refractivity contribution in [1.82, 2.24) is 0 Å². The number of ether oxygens (including phenoxy) is 1. The average Bonchev–Trinajstić information content (AvgIpc) is 2.12. The minimum Gasteiger partial charge on any atom is -0.378 e. The van der Waals surface area contributed by atoms with Crippen LogP contribution in [0.15, 0.2) is 0 Å². The predicted molar refractivity (Wildman–Crippen MR) is 46.4 cm³/mol. The molecule has 0 bridgehead atoms. The molecule has 12 heavy (non-hydrogen) atoms. The molecule has 1 aliphatic rings. The third-order valence-electron chi connectivity index (χ3n) is 1.60. The van der Waals surface area contributed by atoms with Crippen molar-refractivity contribution >= 4 is 10.1 Å². The van der Waals surface area contributed by atoms with Gasteiger partial charge >= 0.3 is 0 Å². The summed E-state index contributed by atoms with van der Waals surface area (Å²) in [6.07, 6.45) is 0.767. The summed E-state index contributed by atoms with van der Waals surface area (Å²) in [5, 5.41) is 0. The largest absolute Gasteiger partial charge is 0.378 e. The average molecular weight is 196 g/mol. The van der Waals surface area contributed by atoms with Crippen LogP contribution >= 0.6 is 0 Å². The van der Waals surface area contributed by atoms with Gasteiger partial charge < -0.3 is 4.74 Å². The van der Waals surface area contributed by atoms with Crippen LogP contribution < -0.4 is 0 Å². The van der Waals surface area contributed by atoms with Crippen LogP contribution in [0.25, 0.3) is 0 Å². The SMILES string of the molecule is C.CC1COCC1OS(C)(=O)=O. The van der Waals surface area contributed by atoms with E-state index in [4.69, 9.17) is 8.92 Å². The Balaban J connectivity index is 0.00000121. The van der Waals surface area contributed by atoms with Crippen molar-refractivity contribution in [2.45, 2.75) is 20.5 Å². The van der Waals surface area contributed by atoms with Gasteiger partial charge in [0.25, 0.3) is 10.1 Å². The van der Waals surface area contributed by atoms with Crippen LogP contribution in [0.2, 0.25) is 0 Å². The van der Waals surface area contributed by atoms with E-state index >= 15 is 0 Å². The molecule has 1 fully saturated rings. The van der Waals surface area contributed by atoms with Crippen LogP contribution in [-0.4, -0.2) is 34.0 Å². The van der Waals surface area contributed by atoms with Crippen LogP contribution in [0, 0.1) is 5.92 Å². The molecule has 0 N–H and O–H groups in total. The second-order valence-electron chi connectivity index (χ2n) is 2.85. The Morgan fingerprint density at radius 2 is 2.00 bits per heavy atom. The van der Waals surface area contributed by atoms with Crippen molar-refractivity contribution < 1.29 is 17.3 Å². The molecule has 0 aromatic rings. The first kappa shape index (κ1) is 11.9. The minimum atomic E-state index is -3.32. The highest BCUT2D eigenvalue weighted by atomic mass is 32.2. The zero-order chi connectivity index (χ0) is 8.48. The quantitative estimate of drug-likeness (QED) is 0.608. The van der Waals surface area contributed by atoms with Crippen LogP contribution in [0.1, 0.15) is 14.4 Å². The maximum Gasteiger partial charge on any atom is 0.264 e. The third kappa shape index (κ3) is 3.51. The van der Waals surface area contributed by atoms with Gasteiger partial charge in [-0.3, -0.25) is 4.18 Å². The normalized spacial score (nSPS) is 29.8. The summed E-state index contributed by atoms with van der Waals surface area (Å²) in [6.45, 7) is 2.87. The standard InChI is InChI=1S/C6H12O4S.CH4/c1-5-3-9-4-6(5)10-11(2,7)8;/h5-6H,3-4H2,1-2H3;1H4. The van der Waals surface area contributed by atoms with Gasteiger partial charge in [0.05, 0.1) is 19.5 Å². The first-order valence-corrected chi connectivity index (χ1v) is 5.26. The molecule has 2 unspecified atom stereocenters. The molecule has 2 atom stereocenters. The van der Waals surface area contributed by atoms with E-state index in [0.717, 1.165) is 6.26 Å². The van der Waals surface area contributed by atoms with Gasteiger partial charge in [0.15, 0.2) is 0 Å². The zero-order valence-electron chi connectivity index (χ0n) is 6.61. The lowest BCUT2D eigenvalue weighted by molar-refractivity contribution is 0.143. The molecule has 0 radical (unpaired) electrons. The zero-order valence-corrected chi connectivity index (χ0v) is 7.43. The second kappa shape index (κ2) is 4.20. The fraction of sp³-hybridized carbons (Fsp3) is 1.00. The lowest BCUT2D eigenvalue weighted by atomic mass is 10.1. The molecule has 74 valence electrons. The monoisotopic (exact) mass is 196 g/mol. The van der Waals surface area contributed by atoms with E-state index in [1.807, 2.05) is 6.92 Å². The summed E-state index contributed by atoms with van der Waals surface area (Å²) in [7, 11) is -3.32. The predicted octanol–water partition coefficient (Wildman–Crippen LogP) is 0.634. The van der Waals surface area contributed by atoms with E-state index in [1.54, 1.807) is 0 Å². The highest BCUT2D eigenvalue weighted by Gasteiger charge is 2.28. The highest BCUT2D eigenvalue weighted by Crippen LogP contribution is 2.17. The van der Waals surface area contributed by atoms with Crippen molar-refractivity contribution in [3.05, 3.63) is 0 Å². The third-order valence-corrected chi connectivity index (χ3v) is 2.19. The van der Waals surface area contributed by atoms with E-state index in [9.17, 15) is 8.42 Å². The summed E-state index contributed by atoms with van der Waals surface area (Å²) >= 11 is 0. The molecule has 1 aliphatic heterocycles. The Labute approximate surface area is 74.0 Å². The summed E-state index contributed by atoms with van der Waals surface area (Å²) in [6, 6.07) is 0. The van der Waals surface area contributed by atoms with Crippen molar-refractivity contribution in [2.24, 2.45) is 5.92 Å². The molecular formula is C7H16O4S. The molecule has 0 aromatic heterocycles. The Hall–Kier alpha value is -0.130. The fourth-order valence-electron chi connectivity index (χ4n) is 0.989. The molecule has 5 heteroatoms. The molecule has 0 saturated carbocycles. The molecule has 1 saturated heterocycles. The van der Waals surface area contributed by atoms with Gasteiger partial charge in [-0.05, 0) is 0 Å². The van der Waals surface area contributed by atoms with Crippen molar-refractivity contribution in [2.75, 3.05) is 19.5 Å². The van der Waals surface area contributed by atoms with Crippen LogP contribution in [0.5, 0.6) is 0 Å². The van der Waals surface area contributed by atoms with Gasteiger partial charge in [0.2, 0.25) is 0 Å². The highest BCUT2D eigenvalue weighted by molar-refractivity contribution is 7.86. The minimum absolute atomic E-state index is 0. The van der Waals surface area contributed by atoms with E-state index in [1.165, 1.54) is 0 Å². The van der Waals surface area contributed by atoms with Gasteiger partial charge in [-0.15, -0.1) is 0 Å². The van der Waals surface area contributed by atoms with E-state index in [0.29, 0.717) is 13.2 Å². The van der Waals surface area contributed by atoms with Gasteiger partial charge in [0.1, 0.15) is 6.10 Å². The van der Waals surface area contributed by atoms with Crippen molar-refractivity contribution in [3.8, 4) is 0 Å². The second-order valence-corrected chi connectivity index (χ2v) is 4.45. The maximum absolute atomic E-state index is 10.7. The van der Waals surface area contributed by atoms with E-state index in [2.05, 4.69) is 0 Å². The van der Waals surface area contributed by atoms with Gasteiger partial charge in [0, 0.05) is 5.92 Å². The van der Waals surface area contributed by atoms with Crippen LogP contribution in [-0.2, 0) is 19.0 Å². The Bertz CT molecular complexity index is 222. The molecular weight excluding hydrogens is 180 g/mol. The number of hydrogen-bond donors (Lipinski definition) is 0. The molecule has 4 nitrogen and oxygen atoms in total. The Morgan fingerprint density at radius 1 is 1.42 bits per heavy atom. The molecule has 1 heterocycles. The number of rotatable bonds is 2. The summed E-state index contributed by atoms with van der Waals surface area (Å²) in [5.74, 6) is 0.171. The topological polar surface area (TPSA) is 52.6 Å². The fourth-order valence-corrected chi connectivity index (χ4v) is 1.68. The molecule has 0 aliphatic carbocycles. The van der Waals surface area contributed by atoms with Crippen LogP contribution in [0.4, 0.5) is 0 Å². The molecule has 0 aromatic carbocycles. The summed E-state index contributed by atoms with van der Waals surface area (Å²) in [4.78, 5) is 0. The van der Waals surface area contributed by atoms with Crippen molar-refractivity contribution in [3.63, 3.8) is 0 Å². The smallest absolute Gasteiger partial charge is 0.264 e. The first-order valence-electron chi connectivity index (χ1n) is 3.45. The Kier molecular flexibility index (Phi) is 4.16. The van der Waals surface area contributed by atoms with Gasteiger partial charge in [-0.2, -0.15) is 8.42 Å². The molecule has 0 amide bonds. The molecule has 1 rings (SSSR count). The van der Waals surface area contributed by atoms with E-state index < -0.39 is 10.1 Å². The summed E-state index contributed by atoms with van der Waals surface area (Å²) in [5.41, 5.74) is 0. The van der Waals surface area contributed by atoms with Crippen molar-refractivity contribution in [1.29, 1.82) is 0 Å². The summed E-state index contributed by atoms with van der Waals surface area (Å²) < 4.78 is 31.1. The van der Waals surface area contributed by atoms with Gasteiger partial charge in [-0.1, -0.05) is 14.4 Å². The lowest BCUT2D eigenvalue weighted by Crippen LogP contribution is -2.23. The lowest BCUT2D eigenvalue weighted by Gasteiger charge is -2.11. The first-order chi connectivity index (χ1) is 4.99. The van der Waals surface area contributed by atoms with Gasteiger partial charge in [-0.25, -0.2) is 0 Å². The molecule has 0 spiro atoms. The van der Waals surface area contributed by atoms with Crippen LogP contribution in [0.3, 0.4) is 0 Å². The maximum atomic E-state index is 10.7. The Morgan fingerprint density at radius 3 is 2.33 bits per heavy atom. The number of hydrogen-bond acceptors (Lipinski definition) is 4.